The predicted molar refractivity (Wildman–Crippen MR) is 75.6 cm³/mol. The third kappa shape index (κ3) is 3.71. The second-order valence-corrected chi connectivity index (χ2v) is 5.24. The topological polar surface area (TPSA) is 69.6 Å². The van der Waals surface area contributed by atoms with Crippen LogP contribution in [0.1, 0.15) is 24.0 Å². The molecule has 1 heterocycles. The fourth-order valence-electron chi connectivity index (χ4n) is 2.61. The van der Waals surface area contributed by atoms with Gasteiger partial charge in [-0.2, -0.15) is 0 Å². The van der Waals surface area contributed by atoms with Gasteiger partial charge in [-0.05, 0) is 49.4 Å². The molecule has 1 aliphatic rings. The van der Waals surface area contributed by atoms with Crippen LogP contribution in [0.5, 0.6) is 0 Å². The minimum Gasteiger partial charge on any atom is -0.480 e. The molecule has 0 aliphatic carbocycles. The van der Waals surface area contributed by atoms with E-state index in [9.17, 15) is 14.0 Å². The molecular weight excluding hydrogens is 275 g/mol. The van der Waals surface area contributed by atoms with Crippen molar-refractivity contribution in [3.05, 3.63) is 35.1 Å². The van der Waals surface area contributed by atoms with Crippen molar-refractivity contribution in [3.8, 4) is 0 Å². The van der Waals surface area contributed by atoms with Crippen LogP contribution in [0.25, 0.3) is 0 Å². The molecular formula is C15H19FN2O3. The van der Waals surface area contributed by atoms with Crippen LogP contribution in [0.4, 0.5) is 9.18 Å². The third-order valence-corrected chi connectivity index (χ3v) is 3.77. The van der Waals surface area contributed by atoms with Gasteiger partial charge in [0.2, 0.25) is 0 Å². The fourth-order valence-corrected chi connectivity index (χ4v) is 2.61. The molecule has 0 unspecified atom stereocenters. The molecule has 1 atom stereocenters. The number of nitrogens with zero attached hydrogens (tertiary/aromatic N) is 1. The van der Waals surface area contributed by atoms with Crippen molar-refractivity contribution in [3.63, 3.8) is 0 Å². The second-order valence-electron chi connectivity index (χ2n) is 5.24. The van der Waals surface area contributed by atoms with E-state index in [0.29, 0.717) is 32.4 Å². The second kappa shape index (κ2) is 6.56. The zero-order valence-corrected chi connectivity index (χ0v) is 11.9. The average molecular weight is 294 g/mol. The summed E-state index contributed by atoms with van der Waals surface area (Å²) in [6.07, 6.45) is 1.80. The Bertz CT molecular complexity index is 548. The van der Waals surface area contributed by atoms with Crippen molar-refractivity contribution in [2.24, 2.45) is 0 Å². The summed E-state index contributed by atoms with van der Waals surface area (Å²) in [7, 11) is 0. The van der Waals surface area contributed by atoms with Crippen molar-refractivity contribution < 1.29 is 19.1 Å². The molecule has 0 saturated carbocycles. The average Bonchev–Trinajstić information content (AvgIpc) is 2.90. The first kappa shape index (κ1) is 15.3. The molecule has 1 saturated heterocycles. The summed E-state index contributed by atoms with van der Waals surface area (Å²) in [4.78, 5) is 24.4. The van der Waals surface area contributed by atoms with Gasteiger partial charge in [-0.15, -0.1) is 0 Å². The predicted octanol–water partition coefficient (Wildman–Crippen LogP) is 1.94. The highest BCUT2D eigenvalue weighted by atomic mass is 19.1. The lowest BCUT2D eigenvalue weighted by Crippen LogP contribution is -2.46. The van der Waals surface area contributed by atoms with Gasteiger partial charge in [0.1, 0.15) is 11.9 Å². The van der Waals surface area contributed by atoms with Crippen molar-refractivity contribution >= 4 is 12.0 Å². The van der Waals surface area contributed by atoms with Crippen LogP contribution in [0.2, 0.25) is 0 Å². The lowest BCUT2D eigenvalue weighted by molar-refractivity contribution is -0.141. The van der Waals surface area contributed by atoms with Crippen LogP contribution in [-0.4, -0.2) is 41.1 Å². The smallest absolute Gasteiger partial charge is 0.326 e. The number of aryl methyl sites for hydroxylation is 1. The van der Waals surface area contributed by atoms with Crippen molar-refractivity contribution in [1.29, 1.82) is 0 Å². The Hall–Kier alpha value is -2.11. The molecule has 114 valence electrons. The Kier molecular flexibility index (Phi) is 4.77. The SMILES string of the molecule is Cc1cc(F)ccc1CCNC(=O)N1CCC[C@H]1C(=O)O. The maximum Gasteiger partial charge on any atom is 0.326 e. The Morgan fingerprint density at radius 3 is 2.90 bits per heavy atom. The van der Waals surface area contributed by atoms with Gasteiger partial charge in [-0.25, -0.2) is 14.0 Å². The summed E-state index contributed by atoms with van der Waals surface area (Å²) in [5, 5.41) is 11.8. The Morgan fingerprint density at radius 1 is 1.48 bits per heavy atom. The van der Waals surface area contributed by atoms with Crippen molar-refractivity contribution in [2.75, 3.05) is 13.1 Å². The van der Waals surface area contributed by atoms with E-state index in [1.807, 2.05) is 6.92 Å². The maximum absolute atomic E-state index is 13.0. The Morgan fingerprint density at radius 2 is 2.24 bits per heavy atom. The van der Waals surface area contributed by atoms with E-state index in [4.69, 9.17) is 5.11 Å². The van der Waals surface area contributed by atoms with E-state index < -0.39 is 12.0 Å². The highest BCUT2D eigenvalue weighted by molar-refractivity contribution is 5.83. The molecule has 1 aromatic rings. The molecule has 2 rings (SSSR count). The number of carbonyl (C=O) groups is 2. The Labute approximate surface area is 122 Å². The van der Waals surface area contributed by atoms with E-state index >= 15 is 0 Å². The molecule has 2 N–H and O–H groups in total. The quantitative estimate of drug-likeness (QED) is 0.891. The molecule has 0 radical (unpaired) electrons. The number of urea groups is 1. The zero-order valence-electron chi connectivity index (χ0n) is 11.9. The summed E-state index contributed by atoms with van der Waals surface area (Å²) in [5.74, 6) is -1.24. The lowest BCUT2D eigenvalue weighted by Gasteiger charge is -2.21. The number of halogens is 1. The number of nitrogens with one attached hydrogen (secondary N) is 1. The number of carboxylic acids is 1. The summed E-state index contributed by atoms with van der Waals surface area (Å²) in [6, 6.07) is 3.48. The Balaban J connectivity index is 1.85. The lowest BCUT2D eigenvalue weighted by atomic mass is 10.1. The highest BCUT2D eigenvalue weighted by Gasteiger charge is 2.33. The van der Waals surface area contributed by atoms with Crippen LogP contribution in [-0.2, 0) is 11.2 Å². The van der Waals surface area contributed by atoms with Gasteiger partial charge in [-0.3, -0.25) is 0 Å². The van der Waals surface area contributed by atoms with E-state index in [1.54, 1.807) is 6.07 Å². The van der Waals surface area contributed by atoms with Gasteiger partial charge in [0.05, 0.1) is 0 Å². The monoisotopic (exact) mass is 294 g/mol. The van der Waals surface area contributed by atoms with Crippen molar-refractivity contribution in [1.82, 2.24) is 10.2 Å². The number of hydrogen-bond donors (Lipinski definition) is 2. The highest BCUT2D eigenvalue weighted by Crippen LogP contribution is 2.17. The number of benzene rings is 1. The summed E-state index contributed by atoms with van der Waals surface area (Å²) >= 11 is 0. The summed E-state index contributed by atoms with van der Waals surface area (Å²) < 4.78 is 13.0. The molecule has 2 amide bonds. The molecule has 6 heteroatoms. The van der Waals surface area contributed by atoms with E-state index in [-0.39, 0.29) is 11.8 Å². The van der Waals surface area contributed by atoms with E-state index in [2.05, 4.69) is 5.32 Å². The first-order chi connectivity index (χ1) is 9.99. The fraction of sp³-hybridized carbons (Fsp3) is 0.467. The number of rotatable bonds is 4. The van der Waals surface area contributed by atoms with Crippen LogP contribution in [0.15, 0.2) is 18.2 Å². The molecule has 0 bridgehead atoms. The minimum absolute atomic E-state index is 0.276. The number of aliphatic carboxylic acids is 1. The molecule has 0 aromatic heterocycles. The van der Waals surface area contributed by atoms with Crippen LogP contribution in [0.3, 0.4) is 0 Å². The first-order valence-electron chi connectivity index (χ1n) is 7.01. The number of amides is 2. The van der Waals surface area contributed by atoms with Gasteiger partial charge < -0.3 is 15.3 Å². The van der Waals surface area contributed by atoms with E-state index in [1.165, 1.54) is 17.0 Å². The normalized spacial score (nSPS) is 17.8. The van der Waals surface area contributed by atoms with Gasteiger partial charge in [0.15, 0.2) is 0 Å². The molecule has 5 nitrogen and oxygen atoms in total. The third-order valence-electron chi connectivity index (χ3n) is 3.77. The summed E-state index contributed by atoms with van der Waals surface area (Å²) in [6.45, 7) is 2.69. The number of hydrogen-bond acceptors (Lipinski definition) is 2. The largest absolute Gasteiger partial charge is 0.480 e. The first-order valence-corrected chi connectivity index (χ1v) is 7.01. The molecule has 1 aromatic carbocycles. The number of likely N-dealkylation sites (tertiary alicyclic amines) is 1. The zero-order chi connectivity index (χ0) is 15.4. The van der Waals surface area contributed by atoms with Crippen molar-refractivity contribution in [2.45, 2.75) is 32.2 Å². The maximum atomic E-state index is 13.0. The number of carboxylic acid groups (broad SMARTS) is 1. The van der Waals surface area contributed by atoms with Gasteiger partial charge in [0.25, 0.3) is 0 Å². The molecule has 0 spiro atoms. The molecule has 1 aliphatic heterocycles. The van der Waals surface area contributed by atoms with Gasteiger partial charge in [0, 0.05) is 13.1 Å². The van der Waals surface area contributed by atoms with Crippen LogP contribution >= 0.6 is 0 Å². The molecule has 21 heavy (non-hydrogen) atoms. The van der Waals surface area contributed by atoms with Gasteiger partial charge in [-0.1, -0.05) is 6.07 Å². The van der Waals surface area contributed by atoms with Gasteiger partial charge >= 0.3 is 12.0 Å². The number of carbonyl (C=O) groups excluding carboxylic acids is 1. The minimum atomic E-state index is -0.961. The summed E-state index contributed by atoms with van der Waals surface area (Å²) in [5.41, 5.74) is 1.81. The van der Waals surface area contributed by atoms with E-state index in [0.717, 1.165) is 11.1 Å². The van der Waals surface area contributed by atoms with Crippen LogP contribution < -0.4 is 5.32 Å². The van der Waals surface area contributed by atoms with Crippen LogP contribution in [0, 0.1) is 12.7 Å². The molecule has 1 fully saturated rings. The standard InChI is InChI=1S/C15H19FN2O3/c1-10-9-12(16)5-4-11(10)6-7-17-15(21)18-8-2-3-13(18)14(19)20/h4-5,9,13H,2-3,6-8H2,1H3,(H,17,21)(H,19,20)/t13-/m0/s1.